The SMILES string of the molecule is O=C(Nc1ccn(CCN2CCC2)n1)c1c[nH]c2c1-c1ncccc1CCC2. The summed E-state index contributed by atoms with van der Waals surface area (Å²) in [6.45, 7) is 4.20. The Hall–Kier alpha value is -2.93. The van der Waals surface area contributed by atoms with E-state index in [9.17, 15) is 4.79 Å². The Bertz CT molecular complexity index is 1000. The number of pyridine rings is 1. The van der Waals surface area contributed by atoms with E-state index >= 15 is 0 Å². The van der Waals surface area contributed by atoms with E-state index in [2.05, 4.69) is 31.3 Å². The summed E-state index contributed by atoms with van der Waals surface area (Å²) in [5.41, 5.74) is 4.77. The number of anilines is 1. The van der Waals surface area contributed by atoms with E-state index < -0.39 is 0 Å². The Morgan fingerprint density at radius 1 is 1.18 bits per heavy atom. The van der Waals surface area contributed by atoms with Crippen LogP contribution >= 0.6 is 0 Å². The zero-order valence-corrected chi connectivity index (χ0v) is 15.8. The van der Waals surface area contributed by atoms with Gasteiger partial charge in [-0.05, 0) is 50.4 Å². The minimum atomic E-state index is -0.149. The van der Waals surface area contributed by atoms with Crippen LogP contribution < -0.4 is 5.32 Å². The third kappa shape index (κ3) is 3.22. The van der Waals surface area contributed by atoms with Crippen molar-refractivity contribution in [2.75, 3.05) is 25.0 Å². The molecule has 3 aromatic heterocycles. The maximum atomic E-state index is 13.0. The van der Waals surface area contributed by atoms with E-state index in [1.165, 1.54) is 25.1 Å². The van der Waals surface area contributed by atoms with Crippen molar-refractivity contribution in [2.45, 2.75) is 32.2 Å². The maximum absolute atomic E-state index is 13.0. The number of rotatable bonds is 5. The largest absolute Gasteiger partial charge is 0.364 e. The first-order valence-corrected chi connectivity index (χ1v) is 9.99. The van der Waals surface area contributed by atoms with Crippen molar-refractivity contribution in [2.24, 2.45) is 0 Å². The molecule has 4 heterocycles. The summed E-state index contributed by atoms with van der Waals surface area (Å²) < 4.78 is 1.89. The molecule has 0 saturated carbocycles. The van der Waals surface area contributed by atoms with Crippen molar-refractivity contribution in [1.82, 2.24) is 24.6 Å². The lowest BCUT2D eigenvalue weighted by atomic mass is 10.0. The standard InChI is InChI=1S/C21H24N6O/c28-21(24-18-7-11-27(25-18)13-12-26-9-3-10-26)16-14-23-17-6-1-4-15-5-2-8-22-20(15)19(16)17/h2,5,7-8,11,14,23H,1,3-4,6,9-10,12-13H2,(H,24,25,28). The molecule has 1 amide bonds. The third-order valence-corrected chi connectivity index (χ3v) is 5.68. The summed E-state index contributed by atoms with van der Waals surface area (Å²) in [5.74, 6) is 0.433. The smallest absolute Gasteiger partial charge is 0.259 e. The Balaban J connectivity index is 1.35. The zero-order valence-electron chi connectivity index (χ0n) is 15.8. The van der Waals surface area contributed by atoms with Gasteiger partial charge in [0.2, 0.25) is 0 Å². The molecule has 7 nitrogen and oxygen atoms in total. The van der Waals surface area contributed by atoms with Gasteiger partial charge in [-0.25, -0.2) is 0 Å². The molecule has 1 fully saturated rings. The minimum absolute atomic E-state index is 0.149. The first-order chi connectivity index (χ1) is 13.8. The summed E-state index contributed by atoms with van der Waals surface area (Å²) in [7, 11) is 0. The van der Waals surface area contributed by atoms with Crippen LogP contribution in [0.25, 0.3) is 11.3 Å². The van der Waals surface area contributed by atoms with Crippen LogP contribution in [-0.4, -0.2) is 50.2 Å². The summed E-state index contributed by atoms with van der Waals surface area (Å²) in [5, 5.41) is 7.45. The van der Waals surface area contributed by atoms with Crippen molar-refractivity contribution >= 4 is 11.7 Å². The summed E-state index contributed by atoms with van der Waals surface area (Å²) in [4.78, 5) is 23.3. The normalized spacial score (nSPS) is 16.0. The van der Waals surface area contributed by atoms with Crippen LogP contribution in [-0.2, 0) is 19.4 Å². The molecular formula is C21H24N6O. The Morgan fingerprint density at radius 3 is 2.96 bits per heavy atom. The van der Waals surface area contributed by atoms with Crippen LogP contribution in [0.5, 0.6) is 0 Å². The number of aryl methyl sites for hydroxylation is 2. The molecule has 0 spiro atoms. The van der Waals surface area contributed by atoms with Crippen LogP contribution in [0.4, 0.5) is 5.82 Å². The van der Waals surface area contributed by atoms with Gasteiger partial charge in [-0.15, -0.1) is 0 Å². The van der Waals surface area contributed by atoms with Gasteiger partial charge in [0.15, 0.2) is 5.82 Å². The van der Waals surface area contributed by atoms with E-state index in [-0.39, 0.29) is 5.91 Å². The number of aromatic amines is 1. The van der Waals surface area contributed by atoms with E-state index in [0.29, 0.717) is 11.4 Å². The Labute approximate surface area is 163 Å². The second kappa shape index (κ2) is 7.24. The van der Waals surface area contributed by atoms with E-state index in [1.54, 1.807) is 12.4 Å². The number of fused-ring (bicyclic) bond motifs is 3. The molecule has 144 valence electrons. The summed E-state index contributed by atoms with van der Waals surface area (Å²) in [6, 6.07) is 5.92. The number of likely N-dealkylation sites (tertiary alicyclic amines) is 1. The number of carbonyl (C=O) groups excluding carboxylic acids is 1. The summed E-state index contributed by atoms with van der Waals surface area (Å²) in [6.07, 6.45) is 9.75. The third-order valence-electron chi connectivity index (χ3n) is 5.68. The molecule has 1 aliphatic heterocycles. The van der Waals surface area contributed by atoms with Gasteiger partial charge in [-0.2, -0.15) is 5.10 Å². The predicted molar refractivity (Wildman–Crippen MR) is 107 cm³/mol. The number of carbonyl (C=O) groups is 1. The molecule has 0 aromatic carbocycles. The number of amides is 1. The van der Waals surface area contributed by atoms with Crippen LogP contribution in [0.1, 0.15) is 34.5 Å². The quantitative estimate of drug-likeness (QED) is 0.718. The molecule has 1 saturated heterocycles. The lowest BCUT2D eigenvalue weighted by Gasteiger charge is -2.30. The number of nitrogens with one attached hydrogen (secondary N) is 2. The highest BCUT2D eigenvalue weighted by atomic mass is 16.1. The average Bonchev–Trinajstić information content (AvgIpc) is 3.24. The van der Waals surface area contributed by atoms with Crippen molar-refractivity contribution in [1.29, 1.82) is 0 Å². The molecule has 0 atom stereocenters. The highest BCUT2D eigenvalue weighted by molar-refractivity contribution is 6.08. The first kappa shape index (κ1) is 17.2. The van der Waals surface area contributed by atoms with Gasteiger partial charge in [-0.3, -0.25) is 14.5 Å². The van der Waals surface area contributed by atoms with Gasteiger partial charge >= 0.3 is 0 Å². The van der Waals surface area contributed by atoms with E-state index in [4.69, 9.17) is 0 Å². The monoisotopic (exact) mass is 376 g/mol. The lowest BCUT2D eigenvalue weighted by Crippen LogP contribution is -2.39. The molecule has 0 bridgehead atoms. The van der Waals surface area contributed by atoms with Crippen molar-refractivity contribution in [3.63, 3.8) is 0 Å². The molecule has 28 heavy (non-hydrogen) atoms. The van der Waals surface area contributed by atoms with Gasteiger partial charge in [0.05, 0.1) is 17.8 Å². The number of H-pyrrole nitrogens is 1. The van der Waals surface area contributed by atoms with Crippen LogP contribution in [0.3, 0.4) is 0 Å². The fraction of sp³-hybridized carbons (Fsp3) is 0.381. The second-order valence-corrected chi connectivity index (χ2v) is 7.53. The molecule has 0 unspecified atom stereocenters. The molecule has 3 aromatic rings. The first-order valence-electron chi connectivity index (χ1n) is 9.99. The molecular weight excluding hydrogens is 352 g/mol. The highest BCUT2D eigenvalue weighted by Crippen LogP contribution is 2.33. The van der Waals surface area contributed by atoms with Crippen molar-refractivity contribution in [3.05, 3.63) is 53.6 Å². The van der Waals surface area contributed by atoms with Gasteiger partial charge in [0, 0.05) is 42.5 Å². The topological polar surface area (TPSA) is 78.8 Å². The predicted octanol–water partition coefficient (Wildman–Crippen LogP) is 2.72. The lowest BCUT2D eigenvalue weighted by molar-refractivity contribution is 0.102. The number of nitrogens with zero attached hydrogens (tertiary/aromatic N) is 4. The van der Waals surface area contributed by atoms with Gasteiger partial charge in [-0.1, -0.05) is 6.07 Å². The van der Waals surface area contributed by atoms with Gasteiger partial charge < -0.3 is 15.2 Å². The van der Waals surface area contributed by atoms with Gasteiger partial charge in [0.1, 0.15) is 0 Å². The number of hydrogen-bond donors (Lipinski definition) is 2. The van der Waals surface area contributed by atoms with Gasteiger partial charge in [0.25, 0.3) is 5.91 Å². The van der Waals surface area contributed by atoms with Crippen LogP contribution in [0.15, 0.2) is 36.8 Å². The minimum Gasteiger partial charge on any atom is -0.364 e. The zero-order chi connectivity index (χ0) is 18.9. The molecule has 1 aliphatic carbocycles. The van der Waals surface area contributed by atoms with Crippen molar-refractivity contribution in [3.8, 4) is 11.3 Å². The van der Waals surface area contributed by atoms with Crippen LogP contribution in [0.2, 0.25) is 0 Å². The highest BCUT2D eigenvalue weighted by Gasteiger charge is 2.24. The number of hydrogen-bond acceptors (Lipinski definition) is 4. The maximum Gasteiger partial charge on any atom is 0.259 e. The van der Waals surface area contributed by atoms with E-state index in [0.717, 1.165) is 49.3 Å². The molecule has 5 rings (SSSR count). The molecule has 0 radical (unpaired) electrons. The Kier molecular flexibility index (Phi) is 4.44. The summed E-state index contributed by atoms with van der Waals surface area (Å²) >= 11 is 0. The fourth-order valence-electron chi connectivity index (χ4n) is 4.02. The van der Waals surface area contributed by atoms with E-state index in [1.807, 2.05) is 23.0 Å². The molecule has 7 heteroatoms. The Morgan fingerprint density at radius 2 is 2.11 bits per heavy atom. The second-order valence-electron chi connectivity index (χ2n) is 7.53. The molecule has 2 aliphatic rings. The molecule has 2 N–H and O–H groups in total. The van der Waals surface area contributed by atoms with Crippen LogP contribution in [0, 0.1) is 0 Å². The fourth-order valence-corrected chi connectivity index (χ4v) is 4.02. The van der Waals surface area contributed by atoms with Crippen molar-refractivity contribution < 1.29 is 4.79 Å². The average molecular weight is 376 g/mol. The number of aromatic nitrogens is 4.